The predicted molar refractivity (Wildman–Crippen MR) is 106 cm³/mol. The van der Waals surface area contributed by atoms with Gasteiger partial charge in [0.2, 0.25) is 5.91 Å². The van der Waals surface area contributed by atoms with Crippen LogP contribution in [0.4, 0.5) is 0 Å². The van der Waals surface area contributed by atoms with E-state index in [1.807, 2.05) is 6.07 Å². The number of hydrogen-bond donors (Lipinski definition) is 2. The highest BCUT2D eigenvalue weighted by Crippen LogP contribution is 2.46. The molecule has 2 fully saturated rings. The summed E-state index contributed by atoms with van der Waals surface area (Å²) in [5, 5.41) is 6.36. The number of rotatable bonds is 7. The monoisotopic (exact) mass is 390 g/mol. The Morgan fingerprint density at radius 3 is 2.63 bits per heavy atom. The quantitative estimate of drug-likeness (QED) is 0.750. The molecule has 1 aromatic heterocycles. The molecule has 0 aromatic carbocycles. The van der Waals surface area contributed by atoms with E-state index >= 15 is 0 Å². The molecule has 1 aromatic rings. The van der Waals surface area contributed by atoms with E-state index in [-0.39, 0.29) is 22.8 Å². The molecule has 1 aliphatic heterocycles. The fraction of sp³-hybridized carbons (Fsp3) is 0.714. The Hall–Kier alpha value is -1.40. The Kier molecular flexibility index (Phi) is 5.06. The number of fused-ring (bicyclic) bond motifs is 1. The minimum absolute atomic E-state index is 0.0123. The van der Waals surface area contributed by atoms with Crippen molar-refractivity contribution in [2.75, 3.05) is 13.2 Å². The summed E-state index contributed by atoms with van der Waals surface area (Å²) < 4.78 is 5.47. The van der Waals surface area contributed by atoms with Crippen LogP contribution in [0.1, 0.15) is 72.5 Å². The standard InChI is InChI=1S/C21H30N2O3S/c1-14(2)11-20(5-3-6-20)19(25)22-13-21(7-8-21)23-18(24)17-10-15-12-26-9-4-16(15)27-17/h10,14H,3-9,11-13H2,1-2H3,(H,22,25)(H,23,24). The van der Waals surface area contributed by atoms with Gasteiger partial charge in [0.15, 0.2) is 0 Å². The lowest BCUT2D eigenvalue weighted by atomic mass is 9.64. The fourth-order valence-electron chi connectivity index (χ4n) is 4.40. The summed E-state index contributed by atoms with van der Waals surface area (Å²) in [4.78, 5) is 27.6. The number of thiophene rings is 1. The van der Waals surface area contributed by atoms with Gasteiger partial charge in [-0.15, -0.1) is 11.3 Å². The summed E-state index contributed by atoms with van der Waals surface area (Å²) in [6.07, 6.45) is 6.87. The second-order valence-electron chi connectivity index (χ2n) is 9.01. The molecule has 2 saturated carbocycles. The summed E-state index contributed by atoms with van der Waals surface area (Å²) in [7, 11) is 0. The zero-order valence-corrected chi connectivity index (χ0v) is 17.2. The molecule has 2 N–H and O–H groups in total. The van der Waals surface area contributed by atoms with Gasteiger partial charge in [-0.05, 0) is 49.7 Å². The number of ether oxygens (including phenoxy) is 1. The first kappa shape index (κ1) is 18.9. The Balaban J connectivity index is 1.33. The topological polar surface area (TPSA) is 67.4 Å². The fourth-order valence-corrected chi connectivity index (χ4v) is 5.45. The second-order valence-corrected chi connectivity index (χ2v) is 10.1. The van der Waals surface area contributed by atoms with Crippen LogP contribution in [0.25, 0.3) is 0 Å². The van der Waals surface area contributed by atoms with Crippen molar-refractivity contribution in [1.29, 1.82) is 0 Å². The molecule has 27 heavy (non-hydrogen) atoms. The van der Waals surface area contributed by atoms with Crippen LogP contribution in [0.5, 0.6) is 0 Å². The van der Waals surface area contributed by atoms with Crippen molar-refractivity contribution >= 4 is 23.2 Å². The van der Waals surface area contributed by atoms with Crippen LogP contribution >= 0.6 is 11.3 Å². The molecule has 2 amide bonds. The molecule has 4 rings (SSSR count). The molecule has 5 nitrogen and oxygen atoms in total. The van der Waals surface area contributed by atoms with E-state index < -0.39 is 0 Å². The van der Waals surface area contributed by atoms with Gasteiger partial charge in [0.05, 0.1) is 23.6 Å². The van der Waals surface area contributed by atoms with E-state index in [2.05, 4.69) is 24.5 Å². The minimum atomic E-state index is -0.253. The van der Waals surface area contributed by atoms with Gasteiger partial charge < -0.3 is 15.4 Å². The highest BCUT2D eigenvalue weighted by Gasteiger charge is 2.48. The molecule has 0 spiro atoms. The highest BCUT2D eigenvalue weighted by atomic mass is 32.1. The molecule has 148 valence electrons. The van der Waals surface area contributed by atoms with Crippen molar-refractivity contribution in [3.8, 4) is 0 Å². The molecular weight excluding hydrogens is 360 g/mol. The highest BCUT2D eigenvalue weighted by molar-refractivity contribution is 7.14. The Labute approximate surface area is 165 Å². The molecule has 0 unspecified atom stereocenters. The van der Waals surface area contributed by atoms with Crippen LogP contribution in [-0.4, -0.2) is 30.5 Å². The number of carbonyl (C=O) groups excluding carboxylic acids is 2. The zero-order valence-electron chi connectivity index (χ0n) is 16.4. The van der Waals surface area contributed by atoms with Crippen LogP contribution in [0.3, 0.4) is 0 Å². The average Bonchev–Trinajstić information content (AvgIpc) is 3.22. The van der Waals surface area contributed by atoms with Crippen LogP contribution in [-0.2, 0) is 22.6 Å². The van der Waals surface area contributed by atoms with Gasteiger partial charge in [0, 0.05) is 23.3 Å². The molecule has 2 heterocycles. The first-order valence-electron chi connectivity index (χ1n) is 10.2. The molecule has 0 bridgehead atoms. The van der Waals surface area contributed by atoms with Crippen molar-refractivity contribution in [3.63, 3.8) is 0 Å². The lowest BCUT2D eigenvalue weighted by Gasteiger charge is -2.42. The van der Waals surface area contributed by atoms with Crippen molar-refractivity contribution in [3.05, 3.63) is 21.4 Å². The van der Waals surface area contributed by atoms with Gasteiger partial charge in [-0.1, -0.05) is 20.3 Å². The van der Waals surface area contributed by atoms with Gasteiger partial charge >= 0.3 is 0 Å². The van der Waals surface area contributed by atoms with Crippen LogP contribution in [0.2, 0.25) is 0 Å². The maximum atomic E-state index is 12.8. The molecule has 0 saturated heterocycles. The van der Waals surface area contributed by atoms with E-state index in [0.717, 1.165) is 62.0 Å². The SMILES string of the molecule is CC(C)CC1(C(=O)NCC2(NC(=O)c3cc4c(s3)CCOC4)CC2)CCC1. The molecule has 6 heteroatoms. The van der Waals surface area contributed by atoms with E-state index in [1.165, 1.54) is 4.88 Å². The predicted octanol–water partition coefficient (Wildman–Crippen LogP) is 3.42. The van der Waals surface area contributed by atoms with Crippen molar-refractivity contribution < 1.29 is 14.3 Å². The number of carbonyl (C=O) groups is 2. The summed E-state index contributed by atoms with van der Waals surface area (Å²) in [5.41, 5.74) is 0.729. The van der Waals surface area contributed by atoms with Gasteiger partial charge in [-0.2, -0.15) is 0 Å². The Bertz CT molecular complexity index is 708. The van der Waals surface area contributed by atoms with E-state index in [1.54, 1.807) is 11.3 Å². The lowest BCUT2D eigenvalue weighted by Crippen LogP contribution is -2.51. The van der Waals surface area contributed by atoms with Crippen molar-refractivity contribution in [2.45, 2.75) is 70.9 Å². The van der Waals surface area contributed by atoms with Crippen molar-refractivity contribution in [1.82, 2.24) is 10.6 Å². The molecular formula is C21H30N2O3S. The summed E-state index contributed by atoms with van der Waals surface area (Å²) in [6, 6.07) is 1.97. The zero-order chi connectivity index (χ0) is 19.1. The normalized spacial score (nSPS) is 21.9. The molecule has 2 aliphatic carbocycles. The van der Waals surface area contributed by atoms with Crippen LogP contribution < -0.4 is 10.6 Å². The summed E-state index contributed by atoms with van der Waals surface area (Å²) >= 11 is 1.58. The third kappa shape index (κ3) is 3.92. The molecule has 3 aliphatic rings. The van der Waals surface area contributed by atoms with E-state index in [0.29, 0.717) is 19.1 Å². The number of hydrogen-bond acceptors (Lipinski definition) is 4. The van der Waals surface area contributed by atoms with Gasteiger partial charge in [-0.25, -0.2) is 0 Å². The largest absolute Gasteiger partial charge is 0.376 e. The van der Waals surface area contributed by atoms with Gasteiger partial charge in [0.25, 0.3) is 5.91 Å². The smallest absolute Gasteiger partial charge is 0.261 e. The summed E-state index contributed by atoms with van der Waals surface area (Å²) in [6.45, 7) is 6.26. The maximum Gasteiger partial charge on any atom is 0.261 e. The number of amides is 2. The Morgan fingerprint density at radius 2 is 2.04 bits per heavy atom. The van der Waals surface area contributed by atoms with Gasteiger partial charge in [0.1, 0.15) is 0 Å². The van der Waals surface area contributed by atoms with Crippen LogP contribution in [0.15, 0.2) is 6.07 Å². The van der Waals surface area contributed by atoms with Crippen LogP contribution in [0, 0.1) is 11.3 Å². The first-order valence-corrected chi connectivity index (χ1v) is 11.0. The summed E-state index contributed by atoms with van der Waals surface area (Å²) in [5.74, 6) is 0.702. The van der Waals surface area contributed by atoms with E-state index in [9.17, 15) is 9.59 Å². The average molecular weight is 391 g/mol. The second kappa shape index (κ2) is 7.21. The van der Waals surface area contributed by atoms with E-state index in [4.69, 9.17) is 4.74 Å². The molecule has 0 radical (unpaired) electrons. The third-order valence-electron chi connectivity index (χ3n) is 6.26. The number of nitrogens with one attached hydrogen (secondary N) is 2. The first-order chi connectivity index (χ1) is 12.9. The van der Waals surface area contributed by atoms with Gasteiger partial charge in [-0.3, -0.25) is 9.59 Å². The third-order valence-corrected chi connectivity index (χ3v) is 7.50. The van der Waals surface area contributed by atoms with Crippen molar-refractivity contribution in [2.24, 2.45) is 11.3 Å². The molecule has 0 atom stereocenters. The Morgan fingerprint density at radius 1 is 1.26 bits per heavy atom. The maximum absolute atomic E-state index is 12.8. The lowest BCUT2D eigenvalue weighted by molar-refractivity contribution is -0.137. The minimum Gasteiger partial charge on any atom is -0.376 e.